The summed E-state index contributed by atoms with van der Waals surface area (Å²) in [7, 11) is 2.12. The van der Waals surface area contributed by atoms with Crippen LogP contribution in [0.15, 0.2) is 42.5 Å². The van der Waals surface area contributed by atoms with Gasteiger partial charge >= 0.3 is 5.97 Å². The third-order valence-corrected chi connectivity index (χ3v) is 8.78. The highest BCUT2D eigenvalue weighted by molar-refractivity contribution is 5.87. The molecule has 0 saturated heterocycles. The number of carboxylic acid groups (broad SMARTS) is 1. The van der Waals surface area contributed by atoms with Crippen LogP contribution in [0.25, 0.3) is 17.0 Å². The Kier molecular flexibility index (Phi) is 3.44. The maximum absolute atomic E-state index is 15.9. The molecule has 3 aromatic rings. The van der Waals surface area contributed by atoms with Gasteiger partial charge in [-0.2, -0.15) is 0 Å². The molecule has 2 bridgehead atoms. The summed E-state index contributed by atoms with van der Waals surface area (Å²) in [5, 5.41) is 10.3. The lowest BCUT2D eigenvalue weighted by molar-refractivity contribution is -0.209. The van der Waals surface area contributed by atoms with E-state index in [1.165, 1.54) is 47.1 Å². The van der Waals surface area contributed by atoms with Crippen LogP contribution in [0.4, 0.5) is 4.39 Å². The van der Waals surface area contributed by atoms with Gasteiger partial charge in [0.2, 0.25) is 0 Å². The molecule has 3 atom stereocenters. The molecule has 5 aliphatic rings. The maximum atomic E-state index is 15.9. The third-order valence-electron chi connectivity index (χ3n) is 8.78. The first-order chi connectivity index (χ1) is 15.4. The first-order valence-electron chi connectivity index (χ1n) is 11.5. The van der Waals surface area contributed by atoms with Crippen LogP contribution >= 0.6 is 0 Å². The second kappa shape index (κ2) is 5.90. The fraction of sp³-hybridized carbons (Fsp3) is 0.370. The average Bonchev–Trinajstić information content (AvgIpc) is 2.98. The number of aromatic nitrogens is 1. The first-order valence-corrected chi connectivity index (χ1v) is 11.5. The number of aliphatic carboxylic acids is 1. The Morgan fingerprint density at radius 2 is 2.03 bits per heavy atom. The zero-order valence-corrected chi connectivity index (χ0v) is 18.2. The number of aryl methyl sites for hydroxylation is 1. The van der Waals surface area contributed by atoms with E-state index in [0.717, 1.165) is 23.6 Å². The molecule has 3 fully saturated rings. The van der Waals surface area contributed by atoms with Gasteiger partial charge in [0.1, 0.15) is 5.82 Å². The Balaban J connectivity index is 1.51. The van der Waals surface area contributed by atoms with E-state index in [2.05, 4.69) is 53.8 Å². The molecule has 4 nitrogen and oxygen atoms in total. The second-order valence-corrected chi connectivity index (χ2v) is 10.2. The molecule has 8 rings (SSSR count). The number of nitrogens with zero attached hydrogens (tertiary/aromatic N) is 2. The van der Waals surface area contributed by atoms with E-state index >= 15 is 4.39 Å². The molecule has 1 N–H and O–H groups in total. The highest BCUT2D eigenvalue weighted by atomic mass is 19.1. The van der Waals surface area contributed by atoms with Gasteiger partial charge < -0.3 is 9.67 Å². The molecule has 3 saturated carbocycles. The van der Waals surface area contributed by atoms with E-state index in [1.807, 2.05) is 0 Å². The number of halogens is 1. The van der Waals surface area contributed by atoms with Gasteiger partial charge in [-0.1, -0.05) is 24.3 Å². The van der Waals surface area contributed by atoms with Crippen LogP contribution in [0.5, 0.6) is 0 Å². The molecule has 2 aromatic carbocycles. The largest absolute Gasteiger partial charge is 0.478 e. The molecule has 0 radical (unpaired) electrons. The third kappa shape index (κ3) is 2.04. The fourth-order valence-electron chi connectivity index (χ4n) is 7.65. The molecule has 1 unspecified atom stereocenters. The van der Waals surface area contributed by atoms with Gasteiger partial charge in [-0.05, 0) is 67.0 Å². The standard InChI is InChI=1S/C27H25FN2O2/c1-14-9-18-17-5-3-4-6-21(17)29(2)25(18)26-23-19(24-16-12-27(24,13-16)30(14)26)10-15(11-20(23)28)7-8-22(31)32/h3-8,10-11,14,16,24,26H,9,12-13H2,1-2H3,(H,31,32)/b8-7+/t14-,16?,24?,26-,27?/m1/s1. The number of carboxylic acids is 1. The molecule has 3 aliphatic carbocycles. The van der Waals surface area contributed by atoms with Crippen molar-refractivity contribution < 1.29 is 14.3 Å². The normalized spacial score (nSPS) is 32.0. The van der Waals surface area contributed by atoms with Gasteiger partial charge in [0.25, 0.3) is 0 Å². The van der Waals surface area contributed by atoms with Crippen LogP contribution in [-0.2, 0) is 18.3 Å². The number of hydrogen-bond acceptors (Lipinski definition) is 2. The van der Waals surface area contributed by atoms with Crippen LogP contribution in [0, 0.1) is 11.7 Å². The molecule has 2 aliphatic heterocycles. The van der Waals surface area contributed by atoms with Gasteiger partial charge in [0, 0.05) is 52.8 Å². The van der Waals surface area contributed by atoms with Crippen LogP contribution in [0.3, 0.4) is 0 Å². The lowest BCUT2D eigenvalue weighted by atomic mass is 9.37. The highest BCUT2D eigenvalue weighted by Crippen LogP contribution is 2.75. The van der Waals surface area contributed by atoms with Crippen LogP contribution in [-0.4, -0.2) is 32.1 Å². The average molecular weight is 429 g/mol. The summed E-state index contributed by atoms with van der Waals surface area (Å²) in [6.45, 7) is 2.31. The van der Waals surface area contributed by atoms with Crippen LogP contribution < -0.4 is 0 Å². The van der Waals surface area contributed by atoms with Crippen molar-refractivity contribution in [3.8, 4) is 0 Å². The highest BCUT2D eigenvalue weighted by Gasteiger charge is 2.73. The van der Waals surface area contributed by atoms with Gasteiger partial charge in [0.05, 0.1) is 6.04 Å². The van der Waals surface area contributed by atoms with Crippen LogP contribution in [0.1, 0.15) is 59.7 Å². The van der Waals surface area contributed by atoms with E-state index in [0.29, 0.717) is 23.4 Å². The fourth-order valence-corrected chi connectivity index (χ4v) is 7.65. The van der Waals surface area contributed by atoms with Crippen molar-refractivity contribution in [3.05, 3.63) is 76.2 Å². The summed E-state index contributed by atoms with van der Waals surface area (Å²) in [4.78, 5) is 13.7. The summed E-state index contributed by atoms with van der Waals surface area (Å²) in [6, 6.07) is 12.3. The zero-order valence-electron chi connectivity index (χ0n) is 18.2. The molecular formula is C27H25FN2O2. The summed E-state index contributed by atoms with van der Waals surface area (Å²) in [5.74, 6) is -0.249. The lowest BCUT2D eigenvalue weighted by Gasteiger charge is -2.77. The van der Waals surface area contributed by atoms with E-state index in [-0.39, 0.29) is 17.4 Å². The zero-order chi connectivity index (χ0) is 21.9. The Bertz CT molecular complexity index is 1360. The summed E-state index contributed by atoms with van der Waals surface area (Å²) in [5.41, 5.74) is 6.44. The lowest BCUT2D eigenvalue weighted by Crippen LogP contribution is -2.78. The van der Waals surface area contributed by atoms with E-state index in [4.69, 9.17) is 5.11 Å². The number of rotatable bonds is 2. The SMILES string of the molecule is C[C@@H]1Cc2c(n(C)c3ccccc23)[C@H]2c3c(F)cc(/C=C/C(=O)O)cc3C3C4CC3(C4)N21. The van der Waals surface area contributed by atoms with Crippen molar-refractivity contribution in [2.24, 2.45) is 13.0 Å². The molecule has 5 heteroatoms. The van der Waals surface area contributed by atoms with Gasteiger partial charge in [-0.3, -0.25) is 4.90 Å². The predicted molar refractivity (Wildman–Crippen MR) is 121 cm³/mol. The quantitative estimate of drug-likeness (QED) is 0.584. The van der Waals surface area contributed by atoms with Crippen molar-refractivity contribution in [3.63, 3.8) is 0 Å². The van der Waals surface area contributed by atoms with E-state index in [1.54, 1.807) is 0 Å². The number of carbonyl (C=O) groups is 1. The molecule has 1 spiro atoms. The number of para-hydroxylation sites is 1. The molecular weight excluding hydrogens is 403 g/mol. The second-order valence-electron chi connectivity index (χ2n) is 10.2. The number of fused-ring (bicyclic) bond motifs is 7. The first kappa shape index (κ1) is 18.6. The van der Waals surface area contributed by atoms with Crippen LogP contribution in [0.2, 0.25) is 0 Å². The number of hydrogen-bond donors (Lipinski definition) is 1. The smallest absolute Gasteiger partial charge is 0.328 e. The molecule has 0 amide bonds. The van der Waals surface area contributed by atoms with Gasteiger partial charge in [-0.25, -0.2) is 9.18 Å². The minimum atomic E-state index is -1.02. The number of benzene rings is 2. The Morgan fingerprint density at radius 3 is 2.75 bits per heavy atom. The molecule has 32 heavy (non-hydrogen) atoms. The van der Waals surface area contributed by atoms with Crippen molar-refractivity contribution in [1.29, 1.82) is 0 Å². The summed E-state index contributed by atoms with van der Waals surface area (Å²) >= 11 is 0. The van der Waals surface area contributed by atoms with Crippen molar-refractivity contribution in [1.82, 2.24) is 9.47 Å². The molecule has 1 aromatic heterocycles. The summed E-state index contributed by atoms with van der Waals surface area (Å²) < 4.78 is 18.2. The Labute approximate surface area is 186 Å². The van der Waals surface area contributed by atoms with E-state index in [9.17, 15) is 4.79 Å². The Morgan fingerprint density at radius 1 is 1.25 bits per heavy atom. The topological polar surface area (TPSA) is 45.5 Å². The van der Waals surface area contributed by atoms with Crippen molar-refractivity contribution in [2.45, 2.75) is 49.7 Å². The predicted octanol–water partition coefficient (Wildman–Crippen LogP) is 5.01. The summed E-state index contributed by atoms with van der Waals surface area (Å²) in [6.07, 6.45) is 5.98. The van der Waals surface area contributed by atoms with Gasteiger partial charge in [0.15, 0.2) is 0 Å². The minimum Gasteiger partial charge on any atom is -0.478 e. The maximum Gasteiger partial charge on any atom is 0.328 e. The minimum absolute atomic E-state index is 0.101. The molecule has 162 valence electrons. The Hall–Kier alpha value is -2.92. The molecule has 3 heterocycles. The van der Waals surface area contributed by atoms with Crippen molar-refractivity contribution >= 4 is 22.9 Å². The monoisotopic (exact) mass is 428 g/mol. The van der Waals surface area contributed by atoms with Gasteiger partial charge in [-0.15, -0.1) is 0 Å². The van der Waals surface area contributed by atoms with E-state index < -0.39 is 5.97 Å². The van der Waals surface area contributed by atoms with Crippen molar-refractivity contribution in [2.75, 3.05) is 0 Å².